The standard InChI is InChI=1S/C12H14ClFN2O3/c1-12(2,19)6-15-10(17)11(18)16-9-4-3-7(13)5-8(9)14/h3-5,19H,6H2,1-2H3,(H,15,17)(H,16,18). The van der Waals surface area contributed by atoms with Crippen LogP contribution in [-0.4, -0.2) is 29.1 Å². The average Bonchev–Trinajstić information content (AvgIpc) is 2.28. The summed E-state index contributed by atoms with van der Waals surface area (Å²) in [6, 6.07) is 3.65. The van der Waals surface area contributed by atoms with Gasteiger partial charge in [-0.25, -0.2) is 4.39 Å². The molecule has 0 heterocycles. The zero-order valence-corrected chi connectivity index (χ0v) is 11.2. The molecule has 5 nitrogen and oxygen atoms in total. The molecule has 0 aliphatic carbocycles. The van der Waals surface area contributed by atoms with Gasteiger partial charge >= 0.3 is 11.8 Å². The fraction of sp³-hybridized carbons (Fsp3) is 0.333. The Morgan fingerprint density at radius 2 is 2.00 bits per heavy atom. The van der Waals surface area contributed by atoms with Crippen LogP contribution in [0.25, 0.3) is 0 Å². The van der Waals surface area contributed by atoms with Crippen molar-refractivity contribution in [2.75, 3.05) is 11.9 Å². The highest BCUT2D eigenvalue weighted by atomic mass is 35.5. The smallest absolute Gasteiger partial charge is 0.313 e. The molecule has 7 heteroatoms. The molecule has 0 saturated heterocycles. The van der Waals surface area contributed by atoms with Crippen molar-refractivity contribution in [1.82, 2.24) is 5.32 Å². The van der Waals surface area contributed by atoms with E-state index in [1.54, 1.807) is 0 Å². The molecule has 0 spiro atoms. The maximum atomic E-state index is 13.4. The fourth-order valence-corrected chi connectivity index (χ4v) is 1.31. The van der Waals surface area contributed by atoms with E-state index >= 15 is 0 Å². The van der Waals surface area contributed by atoms with E-state index < -0.39 is 23.2 Å². The van der Waals surface area contributed by atoms with Gasteiger partial charge in [0.05, 0.1) is 11.3 Å². The first kappa shape index (κ1) is 15.4. The largest absolute Gasteiger partial charge is 0.389 e. The maximum Gasteiger partial charge on any atom is 0.313 e. The van der Waals surface area contributed by atoms with Crippen molar-refractivity contribution >= 4 is 29.1 Å². The molecule has 3 N–H and O–H groups in total. The van der Waals surface area contributed by atoms with E-state index in [9.17, 15) is 19.1 Å². The van der Waals surface area contributed by atoms with Gasteiger partial charge in [-0.05, 0) is 32.0 Å². The second kappa shape index (κ2) is 5.99. The van der Waals surface area contributed by atoms with Crippen molar-refractivity contribution in [3.63, 3.8) is 0 Å². The van der Waals surface area contributed by atoms with Gasteiger partial charge in [-0.15, -0.1) is 0 Å². The first-order chi connectivity index (χ1) is 8.69. The second-order valence-electron chi connectivity index (χ2n) is 4.57. The minimum atomic E-state index is -1.14. The van der Waals surface area contributed by atoms with Crippen LogP contribution >= 0.6 is 11.6 Å². The molecule has 1 rings (SSSR count). The van der Waals surface area contributed by atoms with E-state index in [0.717, 1.165) is 6.07 Å². The molecule has 1 aromatic carbocycles. The van der Waals surface area contributed by atoms with Crippen molar-refractivity contribution < 1.29 is 19.1 Å². The normalized spacial score (nSPS) is 11.0. The number of carbonyl (C=O) groups excluding carboxylic acids is 2. The van der Waals surface area contributed by atoms with Gasteiger partial charge in [0.15, 0.2) is 0 Å². The number of aliphatic hydroxyl groups is 1. The highest BCUT2D eigenvalue weighted by molar-refractivity contribution is 6.39. The third-order valence-corrected chi connectivity index (χ3v) is 2.30. The molecule has 19 heavy (non-hydrogen) atoms. The Kier molecular flexibility index (Phi) is 4.85. The van der Waals surface area contributed by atoms with E-state index in [1.165, 1.54) is 26.0 Å². The lowest BCUT2D eigenvalue weighted by molar-refractivity contribution is -0.136. The van der Waals surface area contributed by atoms with Crippen LogP contribution in [0.2, 0.25) is 5.02 Å². The number of amides is 2. The van der Waals surface area contributed by atoms with Gasteiger partial charge in [-0.3, -0.25) is 9.59 Å². The summed E-state index contributed by atoms with van der Waals surface area (Å²) in [6.45, 7) is 2.86. The minimum Gasteiger partial charge on any atom is -0.389 e. The molecule has 0 aromatic heterocycles. The molecule has 0 bridgehead atoms. The van der Waals surface area contributed by atoms with Crippen LogP contribution in [0.1, 0.15) is 13.8 Å². The quantitative estimate of drug-likeness (QED) is 0.734. The molecule has 0 aliphatic heterocycles. The van der Waals surface area contributed by atoms with Gasteiger partial charge < -0.3 is 15.7 Å². The first-order valence-electron chi connectivity index (χ1n) is 5.45. The lowest BCUT2D eigenvalue weighted by atomic mass is 10.1. The Hall–Kier alpha value is -1.66. The van der Waals surface area contributed by atoms with Crippen molar-refractivity contribution in [1.29, 1.82) is 0 Å². The predicted octanol–water partition coefficient (Wildman–Crippen LogP) is 1.30. The molecule has 2 amide bonds. The van der Waals surface area contributed by atoms with Crippen LogP contribution in [-0.2, 0) is 9.59 Å². The summed E-state index contributed by atoms with van der Waals surface area (Å²) in [5.74, 6) is -2.72. The van der Waals surface area contributed by atoms with Crippen LogP contribution in [0, 0.1) is 5.82 Å². The predicted molar refractivity (Wildman–Crippen MR) is 69.3 cm³/mol. The van der Waals surface area contributed by atoms with Gasteiger partial charge in [0.1, 0.15) is 5.82 Å². The molecule has 0 fully saturated rings. The van der Waals surface area contributed by atoms with Crippen molar-refractivity contribution in [2.45, 2.75) is 19.4 Å². The molecular formula is C12H14ClFN2O3. The van der Waals surface area contributed by atoms with Crippen molar-refractivity contribution in [2.24, 2.45) is 0 Å². The average molecular weight is 289 g/mol. The van der Waals surface area contributed by atoms with Gasteiger partial charge in [0.25, 0.3) is 0 Å². The van der Waals surface area contributed by atoms with Crippen LogP contribution < -0.4 is 10.6 Å². The molecule has 104 valence electrons. The molecule has 0 atom stereocenters. The van der Waals surface area contributed by atoms with Gasteiger partial charge in [-0.1, -0.05) is 11.6 Å². The minimum absolute atomic E-state index is 0.0949. The molecule has 0 radical (unpaired) electrons. The van der Waals surface area contributed by atoms with E-state index in [0.29, 0.717) is 0 Å². The molecular weight excluding hydrogens is 275 g/mol. The third-order valence-electron chi connectivity index (χ3n) is 2.07. The second-order valence-corrected chi connectivity index (χ2v) is 5.01. The van der Waals surface area contributed by atoms with E-state index in [1.807, 2.05) is 0 Å². The molecule has 0 aliphatic rings. The van der Waals surface area contributed by atoms with Crippen molar-refractivity contribution in [3.8, 4) is 0 Å². The zero-order valence-electron chi connectivity index (χ0n) is 10.5. The van der Waals surface area contributed by atoms with E-state index in [4.69, 9.17) is 11.6 Å². The summed E-state index contributed by atoms with van der Waals surface area (Å²) in [6.07, 6.45) is 0. The SMILES string of the molecule is CC(C)(O)CNC(=O)C(=O)Nc1ccc(Cl)cc1F. The number of hydrogen-bond acceptors (Lipinski definition) is 3. The summed E-state index contributed by atoms with van der Waals surface area (Å²) in [4.78, 5) is 22.9. The fourth-order valence-electron chi connectivity index (χ4n) is 1.15. The Bertz CT molecular complexity index is 500. The number of hydrogen-bond donors (Lipinski definition) is 3. The number of rotatable bonds is 3. The lowest BCUT2D eigenvalue weighted by Crippen LogP contribution is -2.43. The third kappa shape index (κ3) is 5.23. The van der Waals surface area contributed by atoms with Gasteiger partial charge in [0.2, 0.25) is 0 Å². The number of nitrogens with one attached hydrogen (secondary N) is 2. The van der Waals surface area contributed by atoms with Crippen LogP contribution in [0.5, 0.6) is 0 Å². The van der Waals surface area contributed by atoms with Crippen molar-refractivity contribution in [3.05, 3.63) is 29.0 Å². The number of halogens is 2. The van der Waals surface area contributed by atoms with E-state index in [-0.39, 0.29) is 17.3 Å². The van der Waals surface area contributed by atoms with Crippen LogP contribution in [0.15, 0.2) is 18.2 Å². The van der Waals surface area contributed by atoms with Gasteiger partial charge in [-0.2, -0.15) is 0 Å². The van der Waals surface area contributed by atoms with Crippen LogP contribution in [0.4, 0.5) is 10.1 Å². The zero-order chi connectivity index (χ0) is 14.6. The van der Waals surface area contributed by atoms with Gasteiger partial charge in [0, 0.05) is 11.6 Å². The first-order valence-corrected chi connectivity index (χ1v) is 5.83. The highest BCUT2D eigenvalue weighted by Crippen LogP contribution is 2.18. The summed E-state index contributed by atoms with van der Waals surface area (Å²) >= 11 is 5.56. The Balaban J connectivity index is 2.62. The Morgan fingerprint density at radius 3 is 2.53 bits per heavy atom. The van der Waals surface area contributed by atoms with Crippen LogP contribution in [0.3, 0.4) is 0 Å². The Morgan fingerprint density at radius 1 is 1.37 bits per heavy atom. The monoisotopic (exact) mass is 288 g/mol. The molecule has 0 saturated carbocycles. The number of carbonyl (C=O) groups is 2. The summed E-state index contributed by atoms with van der Waals surface area (Å²) in [5, 5.41) is 13.9. The molecule has 1 aromatic rings. The Labute approximate surface area is 114 Å². The topological polar surface area (TPSA) is 78.4 Å². The highest BCUT2D eigenvalue weighted by Gasteiger charge is 2.19. The summed E-state index contributed by atoms with van der Waals surface area (Å²) in [5.41, 5.74) is -1.28. The van der Waals surface area contributed by atoms with E-state index in [2.05, 4.69) is 10.6 Å². The maximum absolute atomic E-state index is 13.4. The molecule has 0 unspecified atom stereocenters. The summed E-state index contributed by atoms with van der Waals surface area (Å²) in [7, 11) is 0. The number of anilines is 1. The lowest BCUT2D eigenvalue weighted by Gasteiger charge is -2.17. The number of benzene rings is 1. The summed E-state index contributed by atoms with van der Waals surface area (Å²) < 4.78 is 13.4.